The zero-order valence-electron chi connectivity index (χ0n) is 9.53. The lowest BCUT2D eigenvalue weighted by Crippen LogP contribution is -2.46. The van der Waals surface area contributed by atoms with Crippen molar-refractivity contribution < 1.29 is 4.79 Å². The molecule has 1 amide bonds. The minimum atomic E-state index is -0.316. The van der Waals surface area contributed by atoms with Gasteiger partial charge in [-0.25, -0.2) is 0 Å². The van der Waals surface area contributed by atoms with Crippen molar-refractivity contribution in [2.24, 2.45) is 5.73 Å². The molecule has 0 saturated carbocycles. The van der Waals surface area contributed by atoms with Crippen LogP contribution in [-0.4, -0.2) is 41.9 Å². The number of carbonyl (C=O) groups excluding carboxylic acids is 1. The van der Waals surface area contributed by atoms with Crippen LogP contribution in [0, 0.1) is 0 Å². The fourth-order valence-electron chi connectivity index (χ4n) is 1.70. The molecule has 1 aliphatic rings. The SMILES string of the molecule is CSCC[C@@H](N)C(=O)N1CCC=C(C)C1. The van der Waals surface area contributed by atoms with E-state index in [2.05, 4.69) is 13.0 Å². The van der Waals surface area contributed by atoms with E-state index < -0.39 is 0 Å². The Bertz CT molecular complexity index is 253. The molecule has 1 aliphatic heterocycles. The predicted octanol–water partition coefficient (Wildman–Crippen LogP) is 1.25. The van der Waals surface area contributed by atoms with E-state index >= 15 is 0 Å². The van der Waals surface area contributed by atoms with Crippen LogP contribution in [-0.2, 0) is 4.79 Å². The largest absolute Gasteiger partial charge is 0.337 e. The molecule has 0 saturated heterocycles. The van der Waals surface area contributed by atoms with Gasteiger partial charge in [0.05, 0.1) is 6.04 Å². The van der Waals surface area contributed by atoms with Crippen LogP contribution in [0.2, 0.25) is 0 Å². The highest BCUT2D eigenvalue weighted by molar-refractivity contribution is 7.98. The smallest absolute Gasteiger partial charge is 0.239 e. The van der Waals surface area contributed by atoms with Gasteiger partial charge in [-0.05, 0) is 31.8 Å². The Morgan fingerprint density at radius 3 is 3.07 bits per heavy atom. The van der Waals surface area contributed by atoms with Gasteiger partial charge in [0.1, 0.15) is 0 Å². The summed E-state index contributed by atoms with van der Waals surface area (Å²) in [6.07, 6.45) is 5.97. The van der Waals surface area contributed by atoms with Gasteiger partial charge in [0.25, 0.3) is 0 Å². The monoisotopic (exact) mass is 228 g/mol. The van der Waals surface area contributed by atoms with Crippen LogP contribution in [0.3, 0.4) is 0 Å². The Labute approximate surface area is 96.1 Å². The molecule has 3 nitrogen and oxygen atoms in total. The van der Waals surface area contributed by atoms with E-state index in [0.717, 1.165) is 31.7 Å². The molecule has 0 spiro atoms. The highest BCUT2D eigenvalue weighted by atomic mass is 32.2. The van der Waals surface area contributed by atoms with Gasteiger partial charge >= 0.3 is 0 Å². The van der Waals surface area contributed by atoms with E-state index in [-0.39, 0.29) is 11.9 Å². The number of nitrogens with zero attached hydrogens (tertiary/aromatic N) is 1. The van der Waals surface area contributed by atoms with Crippen molar-refractivity contribution in [2.75, 3.05) is 25.1 Å². The van der Waals surface area contributed by atoms with E-state index in [4.69, 9.17) is 5.73 Å². The second-order valence-corrected chi connectivity index (χ2v) is 4.97. The first-order valence-electron chi connectivity index (χ1n) is 5.34. The average molecular weight is 228 g/mol. The first kappa shape index (κ1) is 12.6. The van der Waals surface area contributed by atoms with Gasteiger partial charge in [0.15, 0.2) is 0 Å². The Morgan fingerprint density at radius 1 is 1.73 bits per heavy atom. The molecule has 0 aromatic rings. The molecular formula is C11H20N2OS. The molecule has 1 atom stereocenters. The van der Waals surface area contributed by atoms with Crippen LogP contribution >= 0.6 is 11.8 Å². The minimum Gasteiger partial charge on any atom is -0.337 e. The molecule has 0 fully saturated rings. The van der Waals surface area contributed by atoms with Crippen molar-refractivity contribution in [3.05, 3.63) is 11.6 Å². The summed E-state index contributed by atoms with van der Waals surface area (Å²) in [4.78, 5) is 13.8. The normalized spacial score (nSPS) is 18.6. The lowest BCUT2D eigenvalue weighted by molar-refractivity contribution is -0.132. The van der Waals surface area contributed by atoms with Crippen molar-refractivity contribution in [2.45, 2.75) is 25.8 Å². The van der Waals surface area contributed by atoms with Gasteiger partial charge in [0.2, 0.25) is 5.91 Å². The first-order valence-corrected chi connectivity index (χ1v) is 6.73. The molecule has 2 N–H and O–H groups in total. The van der Waals surface area contributed by atoms with E-state index in [0.29, 0.717) is 0 Å². The molecular weight excluding hydrogens is 208 g/mol. The third kappa shape index (κ3) is 3.87. The third-order valence-electron chi connectivity index (χ3n) is 2.59. The highest BCUT2D eigenvalue weighted by Crippen LogP contribution is 2.11. The van der Waals surface area contributed by atoms with Crippen molar-refractivity contribution in [1.82, 2.24) is 4.90 Å². The Balaban J connectivity index is 2.42. The maximum atomic E-state index is 11.9. The maximum Gasteiger partial charge on any atom is 0.239 e. The second kappa shape index (κ2) is 6.18. The van der Waals surface area contributed by atoms with Crippen molar-refractivity contribution in [3.63, 3.8) is 0 Å². The molecule has 0 radical (unpaired) electrons. The molecule has 0 unspecified atom stereocenters. The highest BCUT2D eigenvalue weighted by Gasteiger charge is 2.21. The van der Waals surface area contributed by atoms with Crippen LogP contribution < -0.4 is 5.73 Å². The Kier molecular flexibility index (Phi) is 5.19. The summed E-state index contributed by atoms with van der Waals surface area (Å²) < 4.78 is 0. The number of thioether (sulfide) groups is 1. The van der Waals surface area contributed by atoms with E-state index in [1.54, 1.807) is 11.8 Å². The molecule has 1 heterocycles. The van der Waals surface area contributed by atoms with Gasteiger partial charge in [-0.3, -0.25) is 4.79 Å². The average Bonchev–Trinajstić information content (AvgIpc) is 2.24. The van der Waals surface area contributed by atoms with Gasteiger partial charge in [-0.15, -0.1) is 0 Å². The third-order valence-corrected chi connectivity index (χ3v) is 3.24. The molecule has 0 bridgehead atoms. The summed E-state index contributed by atoms with van der Waals surface area (Å²) in [5, 5.41) is 0. The molecule has 0 aromatic carbocycles. The second-order valence-electron chi connectivity index (χ2n) is 3.99. The van der Waals surface area contributed by atoms with Gasteiger partial charge in [-0.2, -0.15) is 11.8 Å². The zero-order chi connectivity index (χ0) is 11.3. The van der Waals surface area contributed by atoms with E-state index in [1.165, 1.54) is 5.57 Å². The summed E-state index contributed by atoms with van der Waals surface area (Å²) in [5.41, 5.74) is 7.13. The predicted molar refractivity (Wildman–Crippen MR) is 65.9 cm³/mol. The molecule has 4 heteroatoms. The topological polar surface area (TPSA) is 46.3 Å². The van der Waals surface area contributed by atoms with Crippen LogP contribution in [0.15, 0.2) is 11.6 Å². The van der Waals surface area contributed by atoms with Crippen LogP contribution in [0.4, 0.5) is 0 Å². The van der Waals surface area contributed by atoms with Crippen LogP contribution in [0.25, 0.3) is 0 Å². The van der Waals surface area contributed by atoms with Crippen LogP contribution in [0.1, 0.15) is 19.8 Å². The molecule has 0 aliphatic carbocycles. The first-order chi connectivity index (χ1) is 7.15. The fourth-order valence-corrected chi connectivity index (χ4v) is 2.19. The molecule has 86 valence electrons. The number of hydrogen-bond donors (Lipinski definition) is 1. The van der Waals surface area contributed by atoms with Gasteiger partial charge in [-0.1, -0.05) is 11.6 Å². The Morgan fingerprint density at radius 2 is 2.47 bits per heavy atom. The Hall–Kier alpha value is -0.480. The van der Waals surface area contributed by atoms with Crippen LogP contribution in [0.5, 0.6) is 0 Å². The van der Waals surface area contributed by atoms with Crippen molar-refractivity contribution in [3.8, 4) is 0 Å². The number of carbonyl (C=O) groups is 1. The molecule has 1 rings (SSSR count). The van der Waals surface area contributed by atoms with E-state index in [1.807, 2.05) is 11.2 Å². The molecule has 15 heavy (non-hydrogen) atoms. The quantitative estimate of drug-likeness (QED) is 0.737. The lowest BCUT2D eigenvalue weighted by atomic mass is 10.1. The fraction of sp³-hybridized carbons (Fsp3) is 0.727. The van der Waals surface area contributed by atoms with Crippen molar-refractivity contribution >= 4 is 17.7 Å². The summed E-state index contributed by atoms with van der Waals surface area (Å²) >= 11 is 1.73. The maximum absolute atomic E-state index is 11.9. The molecule has 0 aromatic heterocycles. The summed E-state index contributed by atoms with van der Waals surface area (Å²) in [6.45, 7) is 3.64. The standard InChI is InChI=1S/C11H20N2OS/c1-9-4-3-6-13(8-9)11(14)10(12)5-7-15-2/h4,10H,3,5-8,12H2,1-2H3/t10-/m1/s1. The number of hydrogen-bond acceptors (Lipinski definition) is 3. The van der Waals surface area contributed by atoms with Crippen molar-refractivity contribution in [1.29, 1.82) is 0 Å². The van der Waals surface area contributed by atoms with Gasteiger partial charge in [0, 0.05) is 13.1 Å². The zero-order valence-corrected chi connectivity index (χ0v) is 10.3. The summed E-state index contributed by atoms with van der Waals surface area (Å²) in [5.74, 6) is 1.06. The lowest BCUT2D eigenvalue weighted by Gasteiger charge is -2.28. The number of amides is 1. The number of nitrogens with two attached hydrogens (primary N) is 1. The summed E-state index contributed by atoms with van der Waals surface area (Å²) in [6, 6.07) is -0.316. The minimum absolute atomic E-state index is 0.108. The van der Waals surface area contributed by atoms with Gasteiger partial charge < -0.3 is 10.6 Å². The van der Waals surface area contributed by atoms with E-state index in [9.17, 15) is 4.79 Å². The number of rotatable bonds is 4. The summed E-state index contributed by atoms with van der Waals surface area (Å²) in [7, 11) is 0.